The molecule has 2 atom stereocenters. The van der Waals surface area contributed by atoms with Gasteiger partial charge in [-0.15, -0.1) is 0 Å². The highest BCUT2D eigenvalue weighted by atomic mass is 15.1. The molecule has 9 aliphatic rings. The van der Waals surface area contributed by atoms with Crippen LogP contribution in [0.2, 0.25) is 0 Å². The minimum atomic E-state index is 0.563. The van der Waals surface area contributed by atoms with Crippen molar-refractivity contribution >= 4 is 0 Å². The van der Waals surface area contributed by atoms with E-state index in [1.165, 1.54) is 19.3 Å². The molecule has 0 saturated heterocycles. The number of nitrogens with one attached hydrogen (secondary N) is 1. The number of rotatable bonds is 3. The molecular weight excluding hydrogens is 326 g/mol. The second-order valence-corrected chi connectivity index (χ2v) is 13.3. The summed E-state index contributed by atoms with van der Waals surface area (Å²) < 4.78 is 0. The van der Waals surface area contributed by atoms with E-state index in [0.717, 1.165) is 40.9 Å². The van der Waals surface area contributed by atoms with Crippen LogP contribution in [0.5, 0.6) is 0 Å². The van der Waals surface area contributed by atoms with E-state index in [4.69, 9.17) is 0 Å². The molecule has 1 heteroatoms. The normalized spacial score (nSPS) is 58.9. The lowest BCUT2D eigenvalue weighted by Gasteiger charge is -2.68. The van der Waals surface area contributed by atoms with E-state index in [9.17, 15) is 0 Å². The lowest BCUT2D eigenvalue weighted by Crippen LogP contribution is -2.70. The Morgan fingerprint density at radius 2 is 1.04 bits per heavy atom. The van der Waals surface area contributed by atoms with Crippen molar-refractivity contribution in [3.63, 3.8) is 0 Å². The predicted octanol–water partition coefficient (Wildman–Crippen LogP) is 6.46. The van der Waals surface area contributed by atoms with Gasteiger partial charge < -0.3 is 5.32 Å². The van der Waals surface area contributed by atoms with Gasteiger partial charge in [0.1, 0.15) is 0 Å². The zero-order chi connectivity index (χ0) is 17.7. The van der Waals surface area contributed by atoms with Gasteiger partial charge in [0.05, 0.1) is 0 Å². The molecule has 9 saturated carbocycles. The van der Waals surface area contributed by atoms with E-state index >= 15 is 0 Å². The molecule has 0 heterocycles. The van der Waals surface area contributed by atoms with Crippen LogP contribution in [0.3, 0.4) is 0 Å². The first-order chi connectivity index (χ1) is 13.1. The summed E-state index contributed by atoms with van der Waals surface area (Å²) in [5, 5.41) is 4.63. The Balaban J connectivity index is 1.20. The van der Waals surface area contributed by atoms with Gasteiger partial charge in [-0.3, -0.25) is 0 Å². The van der Waals surface area contributed by atoms with Crippen molar-refractivity contribution in [1.82, 2.24) is 5.32 Å². The average molecular weight is 368 g/mol. The Kier molecular flexibility index (Phi) is 3.44. The van der Waals surface area contributed by atoms with Crippen LogP contribution in [0.1, 0.15) is 109 Å². The van der Waals surface area contributed by atoms with Crippen LogP contribution in [0.25, 0.3) is 0 Å². The van der Waals surface area contributed by atoms with Gasteiger partial charge >= 0.3 is 0 Å². The summed E-state index contributed by atoms with van der Waals surface area (Å²) >= 11 is 0. The molecule has 1 N–H and O–H groups in total. The molecule has 2 unspecified atom stereocenters. The maximum Gasteiger partial charge on any atom is 0.0197 e. The van der Waals surface area contributed by atoms with Crippen molar-refractivity contribution in [3.8, 4) is 0 Å². The van der Waals surface area contributed by atoms with E-state index in [0.29, 0.717) is 11.1 Å². The van der Waals surface area contributed by atoms with Crippen molar-refractivity contribution in [2.75, 3.05) is 0 Å². The third-order valence-electron chi connectivity index (χ3n) is 11.1. The predicted molar refractivity (Wildman–Crippen MR) is 110 cm³/mol. The summed E-state index contributed by atoms with van der Waals surface area (Å²) in [6.07, 6.45) is 26.7. The first kappa shape index (κ1) is 16.7. The number of hydrogen-bond donors (Lipinski definition) is 1. The molecule has 0 aliphatic heterocycles. The third kappa shape index (κ3) is 2.52. The maximum absolute atomic E-state index is 4.63. The summed E-state index contributed by atoms with van der Waals surface area (Å²) in [6.45, 7) is 0. The minimum absolute atomic E-state index is 0.563. The monoisotopic (exact) mass is 367 g/mol. The van der Waals surface area contributed by atoms with Gasteiger partial charge in [-0.05, 0) is 131 Å². The Morgan fingerprint density at radius 3 is 1.63 bits per heavy atom. The van der Waals surface area contributed by atoms with Crippen LogP contribution in [0.4, 0.5) is 0 Å². The Labute approximate surface area is 166 Å². The molecule has 9 aliphatic carbocycles. The molecule has 9 fully saturated rings. The highest BCUT2D eigenvalue weighted by molar-refractivity contribution is 5.17. The minimum Gasteiger partial charge on any atom is -0.306 e. The van der Waals surface area contributed by atoms with Crippen molar-refractivity contribution in [2.24, 2.45) is 40.9 Å². The summed E-state index contributed by atoms with van der Waals surface area (Å²) in [4.78, 5) is 0. The fourth-order valence-corrected chi connectivity index (χ4v) is 11.5. The highest BCUT2D eigenvalue weighted by Gasteiger charge is 2.62. The summed E-state index contributed by atoms with van der Waals surface area (Å²) in [5.41, 5.74) is 1.90. The number of hydrogen-bond acceptors (Lipinski definition) is 1. The van der Waals surface area contributed by atoms with E-state index in [2.05, 4.69) is 5.32 Å². The summed E-state index contributed by atoms with van der Waals surface area (Å²) in [7, 11) is 0. The third-order valence-corrected chi connectivity index (χ3v) is 11.1. The van der Waals surface area contributed by atoms with Crippen LogP contribution in [0.15, 0.2) is 0 Å². The van der Waals surface area contributed by atoms with Crippen molar-refractivity contribution in [2.45, 2.75) is 120 Å². The SMILES string of the molecule is C1CCC(C23CC4CC(CC(NC56CC7CC(CC(C7)C5)C6)(C4)C2)C3)CC1. The first-order valence-electron chi connectivity index (χ1n) is 12.9. The van der Waals surface area contributed by atoms with Gasteiger partial charge in [0.15, 0.2) is 0 Å². The van der Waals surface area contributed by atoms with Crippen molar-refractivity contribution in [3.05, 3.63) is 0 Å². The molecule has 0 radical (unpaired) electrons. The zero-order valence-corrected chi connectivity index (χ0v) is 17.5. The van der Waals surface area contributed by atoms with Gasteiger partial charge in [-0.25, -0.2) is 0 Å². The van der Waals surface area contributed by atoms with Crippen LogP contribution in [-0.2, 0) is 0 Å². The lowest BCUT2D eigenvalue weighted by atomic mass is 9.42. The average Bonchev–Trinajstić information content (AvgIpc) is 2.59. The van der Waals surface area contributed by atoms with Crippen molar-refractivity contribution < 1.29 is 0 Å². The first-order valence-corrected chi connectivity index (χ1v) is 12.9. The zero-order valence-electron chi connectivity index (χ0n) is 17.5. The standard InChI is InChI=1S/C26H41N/c1-2-4-23(5-3-1)24-10-21-9-22(11-24)16-26(15-21,17-24)27-25-12-18-6-19(13-25)8-20(7-18)14-25/h18-23,27H,1-17H2. The molecule has 0 amide bonds. The van der Waals surface area contributed by atoms with E-state index < -0.39 is 0 Å². The molecule has 27 heavy (non-hydrogen) atoms. The van der Waals surface area contributed by atoms with Crippen LogP contribution in [0, 0.1) is 40.9 Å². The van der Waals surface area contributed by atoms with E-state index in [1.54, 1.807) is 89.9 Å². The fourth-order valence-electron chi connectivity index (χ4n) is 11.5. The molecule has 0 aromatic heterocycles. The summed E-state index contributed by atoms with van der Waals surface area (Å²) in [6, 6.07) is 0. The Morgan fingerprint density at radius 1 is 0.519 bits per heavy atom. The molecule has 0 aromatic carbocycles. The van der Waals surface area contributed by atoms with E-state index in [-0.39, 0.29) is 0 Å². The van der Waals surface area contributed by atoms with Gasteiger partial charge in [-0.1, -0.05) is 19.3 Å². The highest BCUT2D eigenvalue weighted by Crippen LogP contribution is 2.67. The van der Waals surface area contributed by atoms with Gasteiger partial charge in [0.2, 0.25) is 0 Å². The largest absolute Gasteiger partial charge is 0.306 e. The fraction of sp³-hybridized carbons (Fsp3) is 1.00. The Hall–Kier alpha value is -0.0400. The topological polar surface area (TPSA) is 12.0 Å². The smallest absolute Gasteiger partial charge is 0.0197 e. The molecule has 0 aromatic rings. The maximum atomic E-state index is 4.63. The summed E-state index contributed by atoms with van der Waals surface area (Å²) in [5.74, 6) is 6.51. The Bertz CT molecular complexity index is 564. The van der Waals surface area contributed by atoms with Crippen LogP contribution < -0.4 is 5.32 Å². The molecule has 0 spiro atoms. The molecule has 8 bridgehead atoms. The second kappa shape index (κ2) is 5.55. The lowest BCUT2D eigenvalue weighted by molar-refractivity contribution is -0.139. The van der Waals surface area contributed by atoms with Crippen LogP contribution in [-0.4, -0.2) is 11.1 Å². The second-order valence-electron chi connectivity index (χ2n) is 13.3. The molecule has 9 rings (SSSR count). The van der Waals surface area contributed by atoms with Gasteiger partial charge in [0, 0.05) is 11.1 Å². The van der Waals surface area contributed by atoms with Crippen molar-refractivity contribution in [1.29, 1.82) is 0 Å². The molecule has 150 valence electrons. The van der Waals surface area contributed by atoms with Crippen LogP contribution >= 0.6 is 0 Å². The van der Waals surface area contributed by atoms with Gasteiger partial charge in [0.25, 0.3) is 0 Å². The molecule has 1 nitrogen and oxygen atoms in total. The quantitative estimate of drug-likeness (QED) is 0.603. The van der Waals surface area contributed by atoms with Gasteiger partial charge in [-0.2, -0.15) is 0 Å². The van der Waals surface area contributed by atoms with E-state index in [1.807, 2.05) is 0 Å². The molecular formula is C26H41N.